The lowest BCUT2D eigenvalue weighted by Crippen LogP contribution is -2.41. The zero-order valence-corrected chi connectivity index (χ0v) is 10.4. The Morgan fingerprint density at radius 2 is 1.54 bits per heavy atom. The summed E-state index contributed by atoms with van der Waals surface area (Å²) in [6, 6.07) is 0. The van der Waals surface area contributed by atoms with Crippen LogP contribution < -0.4 is 0 Å². The van der Waals surface area contributed by atoms with E-state index in [0.29, 0.717) is 0 Å². The van der Waals surface area contributed by atoms with Gasteiger partial charge in [0.05, 0.1) is 11.2 Å². The molecule has 0 N–H and O–H groups in total. The predicted octanol–water partition coefficient (Wildman–Crippen LogP) is 2.92. The molecule has 13 heavy (non-hydrogen) atoms. The molecular formula is C9H16BBrO2. The quantitative estimate of drug-likeness (QED) is 0.663. The number of rotatable bonds is 1. The second-order valence-corrected chi connectivity index (χ2v) is 5.63. The molecule has 0 aromatic carbocycles. The van der Waals surface area contributed by atoms with Gasteiger partial charge in [0.1, 0.15) is 0 Å². The minimum atomic E-state index is -0.239. The Labute approximate surface area is 89.0 Å². The average Bonchev–Trinajstić information content (AvgIpc) is 1.98. The molecule has 1 saturated heterocycles. The van der Waals surface area contributed by atoms with Gasteiger partial charge in [-0.2, -0.15) is 0 Å². The molecule has 2 nitrogen and oxygen atoms in total. The largest absolute Gasteiger partial charge is 0.487 e. The molecule has 4 heteroatoms. The van der Waals surface area contributed by atoms with Crippen molar-refractivity contribution in [2.45, 2.75) is 45.8 Å². The summed E-state index contributed by atoms with van der Waals surface area (Å²) < 4.78 is 12.5. The van der Waals surface area contributed by atoms with E-state index in [9.17, 15) is 0 Å². The van der Waals surface area contributed by atoms with E-state index in [4.69, 9.17) is 9.31 Å². The van der Waals surface area contributed by atoms with Crippen molar-refractivity contribution < 1.29 is 9.31 Å². The van der Waals surface area contributed by atoms with Crippen LogP contribution in [0.3, 0.4) is 0 Å². The molecule has 0 aromatic rings. The van der Waals surface area contributed by atoms with E-state index in [1.807, 2.05) is 40.6 Å². The topological polar surface area (TPSA) is 18.5 Å². The Morgan fingerprint density at radius 1 is 1.15 bits per heavy atom. The van der Waals surface area contributed by atoms with Crippen LogP contribution >= 0.6 is 15.9 Å². The second kappa shape index (κ2) is 3.41. The maximum atomic E-state index is 5.75. The van der Waals surface area contributed by atoms with Crippen LogP contribution in [0.1, 0.15) is 34.6 Å². The summed E-state index contributed by atoms with van der Waals surface area (Å²) in [7, 11) is -0.232. The molecule has 0 saturated carbocycles. The van der Waals surface area contributed by atoms with E-state index in [1.54, 1.807) is 0 Å². The molecule has 1 heterocycles. The summed E-state index contributed by atoms with van der Waals surface area (Å²) in [5, 5.41) is 0. The van der Waals surface area contributed by atoms with Gasteiger partial charge in [0.25, 0.3) is 0 Å². The van der Waals surface area contributed by atoms with Gasteiger partial charge in [0.15, 0.2) is 0 Å². The van der Waals surface area contributed by atoms with Crippen molar-refractivity contribution in [1.29, 1.82) is 0 Å². The smallest absolute Gasteiger partial charge is 0.400 e. The Bertz CT molecular complexity index is 216. The van der Waals surface area contributed by atoms with Gasteiger partial charge >= 0.3 is 7.12 Å². The van der Waals surface area contributed by atoms with Crippen LogP contribution in [0.15, 0.2) is 10.5 Å². The summed E-state index contributed by atoms with van der Waals surface area (Å²) in [6.07, 6.45) is 0. The highest BCUT2D eigenvalue weighted by atomic mass is 79.9. The number of hydrogen-bond acceptors (Lipinski definition) is 2. The predicted molar refractivity (Wildman–Crippen MR) is 58.8 cm³/mol. The fourth-order valence-corrected chi connectivity index (χ4v) is 1.36. The van der Waals surface area contributed by atoms with Crippen LogP contribution in [-0.2, 0) is 9.31 Å². The molecule has 1 rings (SSSR count). The molecule has 1 aliphatic heterocycles. The van der Waals surface area contributed by atoms with E-state index >= 15 is 0 Å². The Hall–Kier alpha value is 0.205. The van der Waals surface area contributed by atoms with Gasteiger partial charge in [-0.25, -0.2) is 0 Å². The SMILES string of the molecule is C/C(Br)=C/B1OC(C)(C)C(C)(C)O1. The molecular weight excluding hydrogens is 231 g/mol. The molecule has 0 atom stereocenters. The fourth-order valence-electron chi connectivity index (χ4n) is 1.14. The molecule has 0 aromatic heterocycles. The van der Waals surface area contributed by atoms with Crippen LogP contribution in [0.5, 0.6) is 0 Å². The number of hydrogen-bond donors (Lipinski definition) is 0. The summed E-state index contributed by atoms with van der Waals surface area (Å²) >= 11 is 3.36. The monoisotopic (exact) mass is 246 g/mol. The highest BCUT2D eigenvalue weighted by Gasteiger charge is 2.50. The Kier molecular flexibility index (Phi) is 2.96. The minimum Gasteiger partial charge on any atom is -0.400 e. The van der Waals surface area contributed by atoms with Gasteiger partial charge in [-0.1, -0.05) is 15.9 Å². The van der Waals surface area contributed by atoms with Gasteiger partial charge in [-0.15, -0.1) is 0 Å². The first-order valence-corrected chi connectivity index (χ1v) is 5.23. The van der Waals surface area contributed by atoms with E-state index in [1.165, 1.54) is 0 Å². The fraction of sp³-hybridized carbons (Fsp3) is 0.778. The number of allylic oxidation sites excluding steroid dienone is 1. The third-order valence-corrected chi connectivity index (χ3v) is 2.90. The molecule has 74 valence electrons. The average molecular weight is 247 g/mol. The van der Waals surface area contributed by atoms with Crippen molar-refractivity contribution in [3.05, 3.63) is 10.5 Å². The maximum Gasteiger partial charge on any atom is 0.487 e. The van der Waals surface area contributed by atoms with Crippen molar-refractivity contribution in [3.63, 3.8) is 0 Å². The summed E-state index contributed by atoms with van der Waals surface area (Å²) in [6.45, 7) is 10.1. The zero-order chi connectivity index (χ0) is 10.3. The van der Waals surface area contributed by atoms with E-state index in [0.717, 1.165) is 4.48 Å². The van der Waals surface area contributed by atoms with E-state index in [-0.39, 0.29) is 18.3 Å². The lowest BCUT2D eigenvalue weighted by Gasteiger charge is -2.32. The summed E-state index contributed by atoms with van der Waals surface area (Å²) in [5.74, 6) is 1.93. The number of halogens is 1. The van der Waals surface area contributed by atoms with Gasteiger partial charge in [0.2, 0.25) is 0 Å². The lowest BCUT2D eigenvalue weighted by molar-refractivity contribution is 0.00578. The van der Waals surface area contributed by atoms with Crippen molar-refractivity contribution >= 4 is 23.0 Å². The third kappa shape index (κ3) is 2.36. The lowest BCUT2D eigenvalue weighted by atomic mass is 9.90. The standard InChI is InChI=1S/C9H16BBrO2/c1-7(11)6-10-12-8(2,3)9(4,5)13-10/h6H,1-5H3/b7-6-. The van der Waals surface area contributed by atoms with Gasteiger partial charge in [0, 0.05) is 0 Å². The van der Waals surface area contributed by atoms with E-state index in [2.05, 4.69) is 15.9 Å². The highest BCUT2D eigenvalue weighted by molar-refractivity contribution is 9.11. The third-order valence-electron chi connectivity index (χ3n) is 2.64. The Balaban J connectivity index is 2.77. The minimum absolute atomic E-state index is 0.232. The molecule has 1 aliphatic rings. The molecule has 0 unspecified atom stereocenters. The Morgan fingerprint density at radius 3 is 1.85 bits per heavy atom. The van der Waals surface area contributed by atoms with Crippen LogP contribution in [0, 0.1) is 0 Å². The van der Waals surface area contributed by atoms with Crippen molar-refractivity contribution in [2.24, 2.45) is 0 Å². The molecule has 0 amide bonds. The van der Waals surface area contributed by atoms with Gasteiger partial charge < -0.3 is 9.31 Å². The molecule has 0 radical (unpaired) electrons. The first-order chi connectivity index (χ1) is 5.74. The maximum absolute atomic E-state index is 5.75. The van der Waals surface area contributed by atoms with Gasteiger partial charge in [-0.3, -0.25) is 0 Å². The second-order valence-electron chi connectivity index (χ2n) is 4.38. The first-order valence-electron chi connectivity index (χ1n) is 4.44. The zero-order valence-electron chi connectivity index (χ0n) is 8.85. The molecule has 0 aliphatic carbocycles. The normalized spacial score (nSPS) is 26.6. The van der Waals surface area contributed by atoms with Crippen LogP contribution in [0.2, 0.25) is 0 Å². The molecule has 1 fully saturated rings. The van der Waals surface area contributed by atoms with E-state index < -0.39 is 0 Å². The summed E-state index contributed by atoms with van der Waals surface area (Å²) in [5.41, 5.74) is -0.479. The molecule has 0 bridgehead atoms. The first kappa shape index (κ1) is 11.3. The van der Waals surface area contributed by atoms with Crippen LogP contribution in [0.25, 0.3) is 0 Å². The van der Waals surface area contributed by atoms with Crippen molar-refractivity contribution in [1.82, 2.24) is 0 Å². The molecule has 0 spiro atoms. The highest BCUT2D eigenvalue weighted by Crippen LogP contribution is 2.37. The van der Waals surface area contributed by atoms with Crippen molar-refractivity contribution in [2.75, 3.05) is 0 Å². The van der Waals surface area contributed by atoms with Crippen LogP contribution in [0.4, 0.5) is 0 Å². The van der Waals surface area contributed by atoms with Crippen molar-refractivity contribution in [3.8, 4) is 0 Å². The summed E-state index contributed by atoms with van der Waals surface area (Å²) in [4.78, 5) is 0. The van der Waals surface area contributed by atoms with Gasteiger partial charge in [-0.05, 0) is 45.1 Å². The van der Waals surface area contributed by atoms with Crippen LogP contribution in [-0.4, -0.2) is 18.3 Å².